The molecule has 0 aliphatic carbocycles. The first-order valence-electron chi connectivity index (χ1n) is 13.1. The summed E-state index contributed by atoms with van der Waals surface area (Å²) < 4.78 is 17.0. The van der Waals surface area contributed by atoms with E-state index in [0.717, 1.165) is 30.7 Å². The van der Waals surface area contributed by atoms with Gasteiger partial charge in [0.1, 0.15) is 6.61 Å². The van der Waals surface area contributed by atoms with Crippen LogP contribution in [-0.4, -0.2) is 56.1 Å². The maximum absolute atomic E-state index is 13.3. The third kappa shape index (κ3) is 10.9. The normalized spacial score (nSPS) is 12.1. The molecule has 2 aromatic carbocycles. The van der Waals surface area contributed by atoms with Crippen molar-refractivity contribution in [1.29, 1.82) is 0 Å². The van der Waals surface area contributed by atoms with Crippen molar-refractivity contribution in [3.05, 3.63) is 71.8 Å². The first kappa shape index (κ1) is 30.3. The van der Waals surface area contributed by atoms with Gasteiger partial charge in [0.25, 0.3) is 0 Å². The number of nitrogens with one attached hydrogen (secondary N) is 1. The maximum atomic E-state index is 13.3. The number of carbonyl (C=O) groups is 1. The molecule has 2 rings (SSSR count). The number of anilines is 1. The standard InChI is InChI=1S/C30H44BN3O3/c1-23(2)17-18-34(26-13-15-27(16-14-26)37-20-25-11-9-8-10-12-25)21-30(5,6)32-29(35)28(19-24(3)4)33(7)22-31-36/h8-17,24,28H,18-22H2,1-7H3,(H,32,35)/t28-/m0/s1. The topological polar surface area (TPSA) is 61.9 Å². The predicted octanol–water partition coefficient (Wildman–Crippen LogP) is 5.29. The fourth-order valence-corrected chi connectivity index (χ4v) is 4.16. The summed E-state index contributed by atoms with van der Waals surface area (Å²) in [5.41, 5.74) is 2.93. The number of benzene rings is 2. The molecule has 0 fully saturated rings. The molecule has 1 N–H and O–H groups in total. The minimum atomic E-state index is -0.494. The summed E-state index contributed by atoms with van der Waals surface area (Å²) in [5, 5.41) is 3.26. The average molecular weight is 506 g/mol. The number of amides is 1. The van der Waals surface area contributed by atoms with Crippen molar-refractivity contribution in [3.63, 3.8) is 0 Å². The Hall–Kier alpha value is -2.93. The molecule has 0 unspecified atom stereocenters. The van der Waals surface area contributed by atoms with E-state index in [1.54, 1.807) is 0 Å². The number of ether oxygens (including phenoxy) is 1. The molecule has 200 valence electrons. The van der Waals surface area contributed by atoms with Crippen LogP contribution in [0.5, 0.6) is 5.75 Å². The second-order valence-corrected chi connectivity index (χ2v) is 11.1. The van der Waals surface area contributed by atoms with Crippen LogP contribution >= 0.6 is 0 Å². The van der Waals surface area contributed by atoms with E-state index in [0.29, 0.717) is 25.5 Å². The molecule has 0 heterocycles. The molecular weight excluding hydrogens is 461 g/mol. The van der Waals surface area contributed by atoms with E-state index in [-0.39, 0.29) is 18.4 Å². The van der Waals surface area contributed by atoms with E-state index < -0.39 is 5.54 Å². The number of carbonyl (C=O) groups excluding carboxylic acids is 1. The third-order valence-electron chi connectivity index (χ3n) is 6.11. The molecule has 0 saturated heterocycles. The number of hydrogen-bond donors (Lipinski definition) is 1. The van der Waals surface area contributed by atoms with Crippen LogP contribution in [0.25, 0.3) is 0 Å². The fourth-order valence-electron chi connectivity index (χ4n) is 4.16. The zero-order chi connectivity index (χ0) is 27.4. The number of rotatable bonds is 15. The van der Waals surface area contributed by atoms with Gasteiger partial charge in [-0.05, 0) is 5.56 Å². The van der Waals surface area contributed by atoms with Crippen molar-refractivity contribution in [3.8, 4) is 5.75 Å². The summed E-state index contributed by atoms with van der Waals surface area (Å²) in [4.78, 5) is 17.4. The summed E-state index contributed by atoms with van der Waals surface area (Å²) >= 11 is 0. The van der Waals surface area contributed by atoms with Crippen molar-refractivity contribution in [2.45, 2.75) is 66.2 Å². The van der Waals surface area contributed by atoms with E-state index in [1.807, 2.05) is 68.3 Å². The van der Waals surface area contributed by atoms with Crippen LogP contribution in [0.1, 0.15) is 53.5 Å². The Kier molecular flexibility index (Phi) is 12.1. The van der Waals surface area contributed by atoms with Crippen molar-refractivity contribution in [2.24, 2.45) is 5.92 Å². The van der Waals surface area contributed by atoms with Gasteiger partial charge in [0.2, 0.25) is 0 Å². The van der Waals surface area contributed by atoms with Crippen LogP contribution in [0, 0.1) is 5.92 Å². The Balaban J connectivity index is 2.14. The van der Waals surface area contributed by atoms with Crippen molar-refractivity contribution >= 4 is 18.7 Å². The van der Waals surface area contributed by atoms with Crippen molar-refractivity contribution in [2.75, 3.05) is 31.5 Å². The molecule has 1 amide bonds. The first-order chi connectivity index (χ1) is 17.5. The quantitative estimate of drug-likeness (QED) is 0.263. The van der Waals surface area contributed by atoms with Crippen LogP contribution < -0.4 is 15.0 Å². The molecule has 0 radical (unpaired) electrons. The van der Waals surface area contributed by atoms with E-state index >= 15 is 0 Å². The van der Waals surface area contributed by atoms with Gasteiger partial charge >= 0.3 is 177 Å². The van der Waals surface area contributed by atoms with E-state index in [4.69, 9.17) is 4.74 Å². The van der Waals surface area contributed by atoms with E-state index in [1.165, 1.54) is 5.57 Å². The van der Waals surface area contributed by atoms with Gasteiger partial charge in [0.15, 0.2) is 0 Å². The molecule has 0 saturated carbocycles. The summed E-state index contributed by atoms with van der Waals surface area (Å²) in [6, 6.07) is 17.9. The summed E-state index contributed by atoms with van der Waals surface area (Å²) in [5.74, 6) is 1.11. The molecule has 0 bridgehead atoms. The van der Waals surface area contributed by atoms with Crippen LogP contribution in [0.2, 0.25) is 0 Å². The Labute approximate surface area is 224 Å². The van der Waals surface area contributed by atoms with Crippen LogP contribution in [-0.2, 0) is 16.1 Å². The zero-order valence-electron chi connectivity index (χ0n) is 23.7. The Morgan fingerprint density at radius 3 is 2.30 bits per heavy atom. The van der Waals surface area contributed by atoms with Gasteiger partial charge in [-0.2, -0.15) is 0 Å². The fraction of sp³-hybridized carbons (Fsp3) is 0.500. The summed E-state index contributed by atoms with van der Waals surface area (Å²) in [7, 11) is 2.68. The van der Waals surface area contributed by atoms with Crippen LogP contribution in [0.15, 0.2) is 66.2 Å². The number of allylic oxidation sites excluding steroid dienone is 1. The van der Waals surface area contributed by atoms with Gasteiger partial charge in [0, 0.05) is 0 Å². The molecule has 0 aromatic heterocycles. The predicted molar refractivity (Wildman–Crippen MR) is 153 cm³/mol. The number of nitrogens with zero attached hydrogens (tertiary/aromatic N) is 2. The van der Waals surface area contributed by atoms with Crippen LogP contribution in [0.3, 0.4) is 0 Å². The molecule has 1 atom stereocenters. The molecule has 0 spiro atoms. The van der Waals surface area contributed by atoms with Gasteiger partial charge in [-0.3, -0.25) is 0 Å². The average Bonchev–Trinajstić information content (AvgIpc) is 2.84. The SMILES string of the molecule is CC(C)=CCN(CC(C)(C)NC(=O)[C@H](CC(C)C)N(C)CB=O)c1ccc(OCc2ccccc2)cc1. The summed E-state index contributed by atoms with van der Waals surface area (Å²) in [6.07, 6.45) is 3.12. The van der Waals surface area contributed by atoms with Gasteiger partial charge in [-0.25, -0.2) is 0 Å². The molecule has 6 nitrogen and oxygen atoms in total. The molecule has 0 aliphatic heterocycles. The third-order valence-corrected chi connectivity index (χ3v) is 6.11. The van der Waals surface area contributed by atoms with Gasteiger partial charge in [0.05, 0.1) is 0 Å². The monoisotopic (exact) mass is 505 g/mol. The summed E-state index contributed by atoms with van der Waals surface area (Å²) in [6.45, 7) is 14.3. The second-order valence-electron chi connectivity index (χ2n) is 11.1. The zero-order valence-corrected chi connectivity index (χ0v) is 23.7. The Bertz CT molecular complexity index is 1000. The van der Waals surface area contributed by atoms with Gasteiger partial charge in [-0.1, -0.05) is 30.3 Å². The van der Waals surface area contributed by atoms with E-state index in [2.05, 4.69) is 56.1 Å². The molecular formula is C30H44BN3O3. The Morgan fingerprint density at radius 2 is 1.73 bits per heavy atom. The number of hydrogen-bond acceptors (Lipinski definition) is 5. The molecule has 0 aliphatic rings. The minimum absolute atomic E-state index is 0.0464. The van der Waals surface area contributed by atoms with Gasteiger partial charge in [-0.15, -0.1) is 0 Å². The molecule has 7 heteroatoms. The van der Waals surface area contributed by atoms with Crippen molar-refractivity contribution in [1.82, 2.24) is 10.2 Å². The van der Waals surface area contributed by atoms with E-state index in [9.17, 15) is 9.50 Å². The first-order valence-corrected chi connectivity index (χ1v) is 13.1. The second kappa shape index (κ2) is 14.7. The van der Waals surface area contributed by atoms with Gasteiger partial charge < -0.3 is 4.74 Å². The molecule has 2 aromatic rings. The van der Waals surface area contributed by atoms with Crippen LogP contribution in [0.4, 0.5) is 5.69 Å². The Morgan fingerprint density at radius 1 is 1.08 bits per heavy atom. The number of likely N-dealkylation sites (N-methyl/N-ethyl adjacent to an activating group) is 1. The molecule has 37 heavy (non-hydrogen) atoms. The van der Waals surface area contributed by atoms with Crippen molar-refractivity contribution < 1.29 is 14.2 Å².